The molecular formula is C19H21N3O2. The largest absolute Gasteiger partial charge is 0.423 e. The highest BCUT2D eigenvalue weighted by atomic mass is 16.5. The van der Waals surface area contributed by atoms with Crippen LogP contribution in [0, 0.1) is 11.3 Å². The van der Waals surface area contributed by atoms with Crippen LogP contribution in [0.5, 0.6) is 0 Å². The lowest BCUT2D eigenvalue weighted by atomic mass is 10.1. The number of nitriles is 1. The van der Waals surface area contributed by atoms with Gasteiger partial charge in [0.25, 0.3) is 0 Å². The molecule has 1 aromatic carbocycles. The van der Waals surface area contributed by atoms with Gasteiger partial charge >= 0.3 is 0 Å². The van der Waals surface area contributed by atoms with Crippen LogP contribution in [0.2, 0.25) is 0 Å². The third kappa shape index (κ3) is 2.78. The Balaban J connectivity index is 1.57. The average Bonchev–Trinajstić information content (AvgIpc) is 3.26. The van der Waals surface area contributed by atoms with Gasteiger partial charge in [0.15, 0.2) is 0 Å². The molecular weight excluding hydrogens is 302 g/mol. The van der Waals surface area contributed by atoms with E-state index >= 15 is 0 Å². The fourth-order valence-electron chi connectivity index (χ4n) is 3.65. The summed E-state index contributed by atoms with van der Waals surface area (Å²) in [6.45, 7) is 5.53. The van der Waals surface area contributed by atoms with Gasteiger partial charge in [-0.2, -0.15) is 5.26 Å². The number of hydrogen-bond donors (Lipinski definition) is 0. The molecule has 1 aromatic heterocycles. The van der Waals surface area contributed by atoms with Crippen LogP contribution in [0.15, 0.2) is 34.7 Å². The molecule has 2 aromatic rings. The Hall–Kier alpha value is -2.32. The number of ether oxygens (including phenoxy) is 1. The van der Waals surface area contributed by atoms with Gasteiger partial charge in [-0.3, -0.25) is 0 Å². The number of rotatable bonds is 3. The Labute approximate surface area is 141 Å². The number of aromatic nitrogens is 1. The van der Waals surface area contributed by atoms with Crippen LogP contribution in [0.1, 0.15) is 49.3 Å². The van der Waals surface area contributed by atoms with E-state index in [0.717, 1.165) is 19.5 Å². The highest BCUT2D eigenvalue weighted by molar-refractivity contribution is 5.49. The number of nitrogens with zero attached hydrogens (tertiary/aromatic N) is 3. The maximum atomic E-state index is 9.45. The smallest absolute Gasteiger partial charge is 0.234 e. The summed E-state index contributed by atoms with van der Waals surface area (Å²) in [5, 5.41) is 9.45. The minimum absolute atomic E-state index is 0.117. The van der Waals surface area contributed by atoms with Gasteiger partial charge in [0.05, 0.1) is 12.2 Å². The molecule has 5 nitrogen and oxygen atoms in total. The van der Waals surface area contributed by atoms with Crippen LogP contribution in [0.25, 0.3) is 0 Å². The molecule has 1 aliphatic heterocycles. The Bertz CT molecular complexity index is 755. The Morgan fingerprint density at radius 3 is 2.50 bits per heavy atom. The van der Waals surface area contributed by atoms with E-state index in [4.69, 9.17) is 9.15 Å². The first-order chi connectivity index (χ1) is 11.7. The van der Waals surface area contributed by atoms with Gasteiger partial charge in [-0.1, -0.05) is 30.3 Å². The van der Waals surface area contributed by atoms with E-state index in [0.29, 0.717) is 23.4 Å². The number of hydrogen-bond acceptors (Lipinski definition) is 5. The van der Waals surface area contributed by atoms with Crippen LogP contribution in [0.4, 0.5) is 5.88 Å². The first-order valence-corrected chi connectivity index (χ1v) is 8.52. The molecule has 1 saturated heterocycles. The zero-order chi connectivity index (χ0) is 16.7. The number of oxazole rings is 1. The van der Waals surface area contributed by atoms with Gasteiger partial charge in [0, 0.05) is 19.0 Å². The summed E-state index contributed by atoms with van der Waals surface area (Å²) in [7, 11) is 0. The van der Waals surface area contributed by atoms with Crippen molar-refractivity contribution in [1.82, 2.24) is 4.98 Å². The Morgan fingerprint density at radius 1 is 1.12 bits per heavy atom. The van der Waals surface area contributed by atoms with Gasteiger partial charge in [0.1, 0.15) is 6.07 Å². The quantitative estimate of drug-likeness (QED) is 0.866. The Morgan fingerprint density at radius 2 is 1.83 bits per heavy atom. The fraction of sp³-hybridized carbons (Fsp3) is 0.474. The second-order valence-electron chi connectivity index (χ2n) is 6.84. The predicted octanol–water partition coefficient (Wildman–Crippen LogP) is 3.43. The van der Waals surface area contributed by atoms with Gasteiger partial charge in [-0.05, 0) is 31.7 Å². The van der Waals surface area contributed by atoms with E-state index in [9.17, 15) is 5.26 Å². The summed E-state index contributed by atoms with van der Waals surface area (Å²) in [4.78, 5) is 6.57. The molecule has 24 heavy (non-hydrogen) atoms. The third-order valence-electron chi connectivity index (χ3n) is 4.77. The lowest BCUT2D eigenvalue weighted by Gasteiger charge is -2.34. The monoisotopic (exact) mass is 323 g/mol. The van der Waals surface area contributed by atoms with Crippen LogP contribution >= 0.6 is 0 Å². The molecule has 0 spiro atoms. The van der Waals surface area contributed by atoms with E-state index in [2.05, 4.69) is 40.2 Å². The zero-order valence-electron chi connectivity index (χ0n) is 14.0. The maximum absolute atomic E-state index is 9.45. The van der Waals surface area contributed by atoms with E-state index < -0.39 is 0 Å². The van der Waals surface area contributed by atoms with Gasteiger partial charge in [-0.15, -0.1) is 0 Å². The summed E-state index contributed by atoms with van der Waals surface area (Å²) >= 11 is 0. The predicted molar refractivity (Wildman–Crippen MR) is 90.0 cm³/mol. The van der Waals surface area contributed by atoms with E-state index in [-0.39, 0.29) is 18.1 Å². The molecule has 0 N–H and O–H groups in total. The van der Waals surface area contributed by atoms with E-state index in [1.807, 2.05) is 19.9 Å². The van der Waals surface area contributed by atoms with Crippen molar-refractivity contribution in [2.45, 2.75) is 44.3 Å². The van der Waals surface area contributed by atoms with Crippen LogP contribution in [-0.2, 0) is 4.74 Å². The average molecular weight is 323 g/mol. The van der Waals surface area contributed by atoms with Gasteiger partial charge < -0.3 is 14.1 Å². The van der Waals surface area contributed by atoms with Crippen molar-refractivity contribution in [2.24, 2.45) is 0 Å². The van der Waals surface area contributed by atoms with E-state index in [1.165, 1.54) is 5.56 Å². The topological polar surface area (TPSA) is 62.3 Å². The van der Waals surface area contributed by atoms with Gasteiger partial charge in [0.2, 0.25) is 17.5 Å². The molecule has 2 aliphatic rings. The molecule has 1 saturated carbocycles. The normalized spacial score (nSPS) is 29.3. The fourth-order valence-corrected chi connectivity index (χ4v) is 3.65. The second kappa shape index (κ2) is 5.95. The number of benzene rings is 1. The lowest BCUT2D eigenvalue weighted by molar-refractivity contribution is -0.00647. The third-order valence-corrected chi connectivity index (χ3v) is 4.77. The van der Waals surface area contributed by atoms with Crippen molar-refractivity contribution in [3.05, 3.63) is 47.5 Å². The number of morpholine rings is 1. The SMILES string of the molecule is CC1CN(c2oc(C3CC3c3ccccc3)nc2C#N)CC(C)O1. The first-order valence-electron chi connectivity index (χ1n) is 8.52. The molecule has 4 unspecified atom stereocenters. The molecule has 4 rings (SSSR count). The molecule has 0 amide bonds. The molecule has 124 valence electrons. The molecule has 4 atom stereocenters. The summed E-state index contributed by atoms with van der Waals surface area (Å²) in [5.74, 6) is 2.03. The van der Waals surface area contributed by atoms with Crippen molar-refractivity contribution in [1.29, 1.82) is 5.26 Å². The number of anilines is 1. The van der Waals surface area contributed by atoms with Crippen molar-refractivity contribution in [3.8, 4) is 6.07 Å². The van der Waals surface area contributed by atoms with Crippen LogP contribution in [-0.4, -0.2) is 30.3 Å². The molecule has 0 radical (unpaired) electrons. The molecule has 5 heteroatoms. The van der Waals surface area contributed by atoms with Crippen molar-refractivity contribution < 1.29 is 9.15 Å². The van der Waals surface area contributed by atoms with Crippen LogP contribution in [0.3, 0.4) is 0 Å². The molecule has 2 fully saturated rings. The standard InChI is InChI=1S/C19H21N3O2/c1-12-10-22(11-13(2)23-12)19-17(9-20)21-18(24-19)16-8-15(16)14-6-4-3-5-7-14/h3-7,12-13,15-16H,8,10-11H2,1-2H3. The Kier molecular flexibility index (Phi) is 3.78. The lowest BCUT2D eigenvalue weighted by Crippen LogP contribution is -2.45. The van der Waals surface area contributed by atoms with E-state index in [1.54, 1.807) is 0 Å². The highest BCUT2D eigenvalue weighted by Crippen LogP contribution is 2.54. The molecule has 2 heterocycles. The molecule has 1 aliphatic carbocycles. The summed E-state index contributed by atoms with van der Waals surface area (Å²) in [6.07, 6.45) is 1.27. The highest BCUT2D eigenvalue weighted by Gasteiger charge is 2.44. The van der Waals surface area contributed by atoms with Crippen LogP contribution < -0.4 is 4.90 Å². The summed E-state index contributed by atoms with van der Waals surface area (Å²) < 4.78 is 11.8. The second-order valence-corrected chi connectivity index (χ2v) is 6.84. The minimum Gasteiger partial charge on any atom is -0.423 e. The first kappa shape index (κ1) is 15.2. The summed E-state index contributed by atoms with van der Waals surface area (Å²) in [5.41, 5.74) is 1.71. The zero-order valence-corrected chi connectivity index (χ0v) is 14.0. The summed E-state index contributed by atoms with van der Waals surface area (Å²) in [6, 6.07) is 12.6. The van der Waals surface area contributed by atoms with Crippen molar-refractivity contribution in [3.63, 3.8) is 0 Å². The van der Waals surface area contributed by atoms with Crippen molar-refractivity contribution >= 4 is 5.88 Å². The van der Waals surface area contributed by atoms with Gasteiger partial charge in [-0.25, -0.2) is 4.98 Å². The molecule has 0 bridgehead atoms. The minimum atomic E-state index is 0.117. The maximum Gasteiger partial charge on any atom is 0.234 e. The van der Waals surface area contributed by atoms with Crippen molar-refractivity contribution in [2.75, 3.05) is 18.0 Å².